The second-order valence-electron chi connectivity index (χ2n) is 7.67. The van der Waals surface area contributed by atoms with Crippen LogP contribution in [0.15, 0.2) is 48.5 Å². The van der Waals surface area contributed by atoms with Crippen LogP contribution in [0.3, 0.4) is 0 Å². The number of fused-ring (bicyclic) bond motifs is 1. The summed E-state index contributed by atoms with van der Waals surface area (Å²) in [5.41, 5.74) is 3.80. The summed E-state index contributed by atoms with van der Waals surface area (Å²) in [6.07, 6.45) is 1.33. The summed E-state index contributed by atoms with van der Waals surface area (Å²) in [4.78, 5) is 29.1. The lowest BCUT2D eigenvalue weighted by atomic mass is 10.1. The van der Waals surface area contributed by atoms with Crippen molar-refractivity contribution in [2.45, 2.75) is 18.9 Å². The van der Waals surface area contributed by atoms with Crippen LogP contribution in [0.25, 0.3) is 10.9 Å². The summed E-state index contributed by atoms with van der Waals surface area (Å²) in [5, 5.41) is 6.25. The number of pyridine rings is 1. The third-order valence-electron chi connectivity index (χ3n) is 5.26. The Kier molecular flexibility index (Phi) is 7.27. The van der Waals surface area contributed by atoms with E-state index in [9.17, 15) is 14.0 Å². The van der Waals surface area contributed by atoms with Crippen LogP contribution in [-0.2, 0) is 4.79 Å². The molecule has 0 aliphatic carbocycles. The van der Waals surface area contributed by atoms with Gasteiger partial charge in [0.05, 0.1) is 10.5 Å². The number of halogens is 3. The van der Waals surface area contributed by atoms with E-state index in [1.165, 1.54) is 12.1 Å². The van der Waals surface area contributed by atoms with Crippen molar-refractivity contribution in [2.75, 3.05) is 19.7 Å². The molecule has 0 radical (unpaired) electrons. The molecule has 33 heavy (non-hydrogen) atoms. The summed E-state index contributed by atoms with van der Waals surface area (Å²) in [6.45, 7) is 0.877. The summed E-state index contributed by atoms with van der Waals surface area (Å²) in [7, 11) is 0. The lowest BCUT2D eigenvalue weighted by Gasteiger charge is -2.32. The average Bonchev–Trinajstić information content (AvgIpc) is 2.80. The first-order chi connectivity index (χ1) is 15.9. The number of aromatic nitrogens is 1. The first-order valence-corrected chi connectivity index (χ1v) is 11.1. The van der Waals surface area contributed by atoms with Crippen molar-refractivity contribution in [3.05, 3.63) is 70.1 Å². The second-order valence-corrected chi connectivity index (χ2v) is 8.51. The molecule has 2 aromatic carbocycles. The van der Waals surface area contributed by atoms with E-state index in [2.05, 4.69) is 15.7 Å². The molecule has 3 aromatic rings. The maximum Gasteiger partial charge on any atom is 0.272 e. The molecule has 1 aromatic heterocycles. The Balaban J connectivity index is 1.22. The van der Waals surface area contributed by atoms with E-state index in [0.29, 0.717) is 42.2 Å². The molecular formula is C23H21Cl2FN4O3. The molecule has 10 heteroatoms. The fourth-order valence-electron chi connectivity index (χ4n) is 3.54. The van der Waals surface area contributed by atoms with Crippen LogP contribution in [0.5, 0.6) is 5.75 Å². The van der Waals surface area contributed by atoms with Crippen LogP contribution in [0.1, 0.15) is 23.3 Å². The largest absolute Gasteiger partial charge is 0.484 e. The third-order valence-corrected chi connectivity index (χ3v) is 5.80. The minimum atomic E-state index is -0.609. The molecule has 2 amide bonds. The van der Waals surface area contributed by atoms with Gasteiger partial charge in [-0.25, -0.2) is 14.4 Å². The summed E-state index contributed by atoms with van der Waals surface area (Å²) < 4.78 is 18.7. The van der Waals surface area contributed by atoms with Crippen molar-refractivity contribution in [1.82, 2.24) is 20.7 Å². The van der Waals surface area contributed by atoms with Crippen LogP contribution < -0.4 is 15.5 Å². The Morgan fingerprint density at radius 1 is 1.09 bits per heavy atom. The second kappa shape index (κ2) is 10.3. The number of hydrazine groups is 1. The molecule has 1 aliphatic rings. The van der Waals surface area contributed by atoms with Gasteiger partial charge in [-0.2, -0.15) is 0 Å². The van der Waals surface area contributed by atoms with Gasteiger partial charge in [-0.15, -0.1) is 0 Å². The Labute approximate surface area is 199 Å². The molecule has 0 atom stereocenters. The van der Waals surface area contributed by atoms with Crippen molar-refractivity contribution >= 4 is 45.9 Å². The van der Waals surface area contributed by atoms with Crippen LogP contribution in [0.2, 0.25) is 10.0 Å². The van der Waals surface area contributed by atoms with E-state index < -0.39 is 5.82 Å². The Hall–Kier alpha value is -2.94. The monoisotopic (exact) mass is 490 g/mol. The zero-order valence-electron chi connectivity index (χ0n) is 17.5. The number of nitrogens with zero attached hydrogens (tertiary/aromatic N) is 2. The molecule has 1 fully saturated rings. The number of carbonyl (C=O) groups excluding carboxylic acids is 2. The lowest BCUT2D eigenvalue weighted by Crippen LogP contribution is -2.52. The van der Waals surface area contributed by atoms with Gasteiger partial charge >= 0.3 is 0 Å². The highest BCUT2D eigenvalue weighted by molar-refractivity contribution is 6.31. The van der Waals surface area contributed by atoms with Gasteiger partial charge in [-0.05, 0) is 49.2 Å². The maximum absolute atomic E-state index is 13.4. The van der Waals surface area contributed by atoms with Crippen molar-refractivity contribution in [2.24, 2.45) is 0 Å². The quantitative estimate of drug-likeness (QED) is 0.545. The number of rotatable bonds is 6. The molecule has 172 valence electrons. The summed E-state index contributed by atoms with van der Waals surface area (Å²) in [6, 6.07) is 12.8. The number of hydrogen-bond acceptors (Lipinski definition) is 5. The molecule has 0 unspecified atom stereocenters. The molecule has 0 bridgehead atoms. The third kappa shape index (κ3) is 6.10. The predicted octanol–water partition coefficient (Wildman–Crippen LogP) is 3.99. The maximum atomic E-state index is 13.4. The minimum absolute atomic E-state index is 0.0110. The highest BCUT2D eigenvalue weighted by Crippen LogP contribution is 2.20. The van der Waals surface area contributed by atoms with Gasteiger partial charge in [0.25, 0.3) is 11.8 Å². The predicted molar refractivity (Wildman–Crippen MR) is 124 cm³/mol. The van der Waals surface area contributed by atoms with E-state index in [1.807, 2.05) is 6.07 Å². The van der Waals surface area contributed by atoms with E-state index in [0.717, 1.165) is 11.5 Å². The fraction of sp³-hybridized carbons (Fsp3) is 0.261. The van der Waals surface area contributed by atoms with Crippen LogP contribution in [0.4, 0.5) is 4.39 Å². The summed E-state index contributed by atoms with van der Waals surface area (Å²) >= 11 is 11.6. The van der Waals surface area contributed by atoms with Gasteiger partial charge in [-0.1, -0.05) is 29.3 Å². The van der Waals surface area contributed by atoms with Crippen LogP contribution in [-0.4, -0.2) is 47.5 Å². The fourth-order valence-corrected chi connectivity index (χ4v) is 3.84. The number of ether oxygens (including phenoxy) is 1. The number of carbonyl (C=O) groups is 2. The first-order valence-electron chi connectivity index (χ1n) is 10.4. The zero-order valence-corrected chi connectivity index (χ0v) is 19.0. The van der Waals surface area contributed by atoms with Crippen LogP contribution >= 0.6 is 23.2 Å². The van der Waals surface area contributed by atoms with E-state index >= 15 is 0 Å². The van der Waals surface area contributed by atoms with Gasteiger partial charge in [-0.3, -0.25) is 15.0 Å². The highest BCUT2D eigenvalue weighted by Gasteiger charge is 2.23. The SMILES string of the molecule is O=C(COc1ccc(Cl)c(F)c1)NN1CCC(NC(=O)c2ccc3cc(Cl)ccc3n2)CC1. The lowest BCUT2D eigenvalue weighted by molar-refractivity contribution is -0.128. The first kappa shape index (κ1) is 23.2. The highest BCUT2D eigenvalue weighted by atomic mass is 35.5. The smallest absolute Gasteiger partial charge is 0.272 e. The molecule has 1 aliphatic heterocycles. The van der Waals surface area contributed by atoms with Gasteiger partial charge in [0.15, 0.2) is 6.61 Å². The number of hydrogen-bond donors (Lipinski definition) is 2. The molecule has 4 rings (SSSR count). The van der Waals surface area contributed by atoms with Gasteiger partial charge in [0.2, 0.25) is 0 Å². The van der Waals surface area contributed by atoms with E-state index in [1.54, 1.807) is 29.3 Å². The summed E-state index contributed by atoms with van der Waals surface area (Å²) in [5.74, 6) is -0.980. The van der Waals surface area contributed by atoms with E-state index in [4.69, 9.17) is 27.9 Å². The molecule has 1 saturated heterocycles. The number of piperidine rings is 1. The minimum Gasteiger partial charge on any atom is -0.484 e. The molecule has 2 heterocycles. The molecular weight excluding hydrogens is 470 g/mol. The van der Waals surface area contributed by atoms with Crippen molar-refractivity contribution in [1.29, 1.82) is 0 Å². The number of nitrogens with one attached hydrogen (secondary N) is 2. The van der Waals surface area contributed by atoms with Crippen molar-refractivity contribution < 1.29 is 18.7 Å². The van der Waals surface area contributed by atoms with Crippen LogP contribution in [0, 0.1) is 5.82 Å². The normalized spacial score (nSPS) is 14.8. The number of benzene rings is 2. The van der Waals surface area contributed by atoms with Crippen molar-refractivity contribution in [3.8, 4) is 5.75 Å². The molecule has 7 nitrogen and oxygen atoms in total. The Morgan fingerprint density at radius 2 is 1.88 bits per heavy atom. The molecule has 0 spiro atoms. The Bertz CT molecular complexity index is 1190. The standard InChI is InChI=1S/C23H21Cl2FN4O3/c24-15-2-6-20-14(11-15)1-5-21(28-20)23(32)27-16-7-9-30(10-8-16)29-22(31)13-33-17-3-4-18(25)19(26)12-17/h1-6,11-12,16H,7-10,13H2,(H,27,32)(H,29,31). The van der Waals surface area contributed by atoms with E-state index in [-0.39, 0.29) is 35.2 Å². The topological polar surface area (TPSA) is 83.6 Å². The average molecular weight is 491 g/mol. The molecule has 2 N–H and O–H groups in total. The zero-order chi connectivity index (χ0) is 23.4. The molecule has 0 saturated carbocycles. The number of amides is 2. The van der Waals surface area contributed by atoms with Crippen molar-refractivity contribution in [3.63, 3.8) is 0 Å². The van der Waals surface area contributed by atoms with Gasteiger partial charge in [0, 0.05) is 35.6 Å². The van der Waals surface area contributed by atoms with Gasteiger partial charge < -0.3 is 10.1 Å². The van der Waals surface area contributed by atoms with Gasteiger partial charge in [0.1, 0.15) is 17.3 Å². The Morgan fingerprint density at radius 3 is 2.64 bits per heavy atom.